The Kier molecular flexibility index (Phi) is 12.2. The smallest absolute Gasteiger partial charge is 0.253 e. The molecule has 66 heavy (non-hydrogen) atoms. The Bertz CT molecular complexity index is 2460. The standard InChI is InChI=1S/C49H54F2N4O11/c1-26(52-40(60)16-18-55-41(61)13-14-42(55)62)43(63)53-27(2)44(64)54(5)31-8-6-7-29(20-31)19-28-9-11-30(12-10-28)45-65-39-23-33-34-22-36(50)35-21-32(57)15-17-46(35,3)48(34,51)37(58)24-47(33,4)49(39,66-45)38(59)25-56/h6-15,17,20-21,26-27,33-34,36-37,39,45,56,58H,16,18-19,22-25H2,1-5H3,(H,52,60)(H,53,63)/t26-,27-,33+,34+,36+,37+,39-,45-,46+,47+,48+,49-/m1/s1. The summed E-state index contributed by atoms with van der Waals surface area (Å²) in [6, 6.07) is 12.6. The maximum absolute atomic E-state index is 17.8. The van der Waals surface area contributed by atoms with Crippen LogP contribution in [0.1, 0.15) is 76.4 Å². The molecule has 5 amide bonds. The first-order valence-corrected chi connectivity index (χ1v) is 22.2. The van der Waals surface area contributed by atoms with Crippen LogP contribution in [0.4, 0.5) is 14.5 Å². The number of aliphatic hydroxyl groups is 2. The maximum atomic E-state index is 17.8. The van der Waals surface area contributed by atoms with Gasteiger partial charge < -0.3 is 35.2 Å². The number of carbonyl (C=O) groups excluding carboxylic acids is 7. The van der Waals surface area contributed by atoms with Crippen molar-refractivity contribution in [3.05, 3.63) is 101 Å². The first-order chi connectivity index (χ1) is 31.2. The molecule has 0 radical (unpaired) electrons. The van der Waals surface area contributed by atoms with Crippen LogP contribution in [0.2, 0.25) is 0 Å². The molecule has 6 aliphatic rings. The first-order valence-electron chi connectivity index (χ1n) is 22.2. The van der Waals surface area contributed by atoms with Gasteiger partial charge in [-0.1, -0.05) is 49.4 Å². The number of allylic oxidation sites excluding steroid dienone is 4. The Balaban J connectivity index is 0.900. The molecule has 2 aromatic rings. The van der Waals surface area contributed by atoms with Crippen LogP contribution in [0, 0.1) is 22.7 Å². The molecule has 4 N–H and O–H groups in total. The van der Waals surface area contributed by atoms with Gasteiger partial charge in [-0.15, -0.1) is 0 Å². The lowest BCUT2D eigenvalue weighted by Gasteiger charge is -2.63. The van der Waals surface area contributed by atoms with E-state index in [9.17, 15) is 43.8 Å². The van der Waals surface area contributed by atoms with Crippen molar-refractivity contribution in [3.63, 3.8) is 0 Å². The number of likely N-dealkylation sites (N-methyl/N-ethyl adjacent to an activating group) is 1. The summed E-state index contributed by atoms with van der Waals surface area (Å²) in [5, 5.41) is 27.3. The molecule has 8 rings (SSSR count). The van der Waals surface area contributed by atoms with Crippen molar-refractivity contribution in [1.82, 2.24) is 15.5 Å². The molecule has 350 valence electrons. The summed E-state index contributed by atoms with van der Waals surface area (Å²) in [6.07, 6.45) is 0.468. The van der Waals surface area contributed by atoms with E-state index in [4.69, 9.17) is 9.47 Å². The van der Waals surface area contributed by atoms with Crippen LogP contribution >= 0.6 is 0 Å². The zero-order chi connectivity index (χ0) is 47.7. The van der Waals surface area contributed by atoms with Gasteiger partial charge in [0, 0.05) is 60.2 Å². The van der Waals surface area contributed by atoms with Crippen molar-refractivity contribution >= 4 is 46.8 Å². The highest BCUT2D eigenvalue weighted by molar-refractivity contribution is 6.13. The highest BCUT2D eigenvalue weighted by Gasteiger charge is 2.80. The number of fused-ring (bicyclic) bond motifs is 7. The number of aliphatic hydroxyl groups excluding tert-OH is 2. The molecule has 0 unspecified atom stereocenters. The molecule has 2 aliphatic heterocycles. The van der Waals surface area contributed by atoms with Crippen molar-refractivity contribution in [3.8, 4) is 0 Å². The second-order valence-electron chi connectivity index (χ2n) is 18.9. The summed E-state index contributed by atoms with van der Waals surface area (Å²) in [7, 11) is 1.58. The fourth-order valence-electron chi connectivity index (χ4n) is 11.7. The summed E-state index contributed by atoms with van der Waals surface area (Å²) in [5.41, 5.74) is -4.09. The zero-order valence-corrected chi connectivity index (χ0v) is 37.3. The van der Waals surface area contributed by atoms with Crippen molar-refractivity contribution in [2.45, 2.75) is 108 Å². The molecular weight excluding hydrogens is 859 g/mol. The highest BCUT2D eigenvalue weighted by atomic mass is 19.1. The summed E-state index contributed by atoms with van der Waals surface area (Å²) in [4.78, 5) is 90.7. The fourth-order valence-corrected chi connectivity index (χ4v) is 11.7. The number of amides is 5. The molecular formula is C49H54F2N4O11. The normalized spacial score (nSPS) is 33.9. The molecule has 2 heterocycles. The number of rotatable bonds is 13. The fraction of sp³-hybridized carbons (Fsp3) is 0.490. The monoisotopic (exact) mass is 912 g/mol. The van der Waals surface area contributed by atoms with Crippen LogP contribution < -0.4 is 15.5 Å². The Morgan fingerprint density at radius 2 is 1.64 bits per heavy atom. The summed E-state index contributed by atoms with van der Waals surface area (Å²) in [6.45, 7) is 5.19. The second kappa shape index (κ2) is 17.2. The number of alkyl halides is 2. The Morgan fingerprint density at radius 3 is 2.32 bits per heavy atom. The molecule has 17 heteroatoms. The average Bonchev–Trinajstić information content (AvgIpc) is 3.91. The minimum absolute atomic E-state index is 0.00247. The van der Waals surface area contributed by atoms with E-state index in [1.807, 2.05) is 24.3 Å². The minimum atomic E-state index is -2.36. The van der Waals surface area contributed by atoms with Gasteiger partial charge in [0.05, 0.1) is 12.2 Å². The van der Waals surface area contributed by atoms with Gasteiger partial charge in [-0.3, -0.25) is 38.5 Å². The lowest BCUT2D eigenvalue weighted by Crippen LogP contribution is -2.70. The number of imide groups is 1. The molecule has 0 aromatic heterocycles. The number of Topliss-reactive ketones (excluding diaryl/α,β-unsaturated/α-hetero) is 1. The number of nitrogens with one attached hydrogen (secondary N) is 2. The molecule has 0 spiro atoms. The van der Waals surface area contributed by atoms with E-state index in [0.717, 1.165) is 34.3 Å². The molecule has 0 bridgehead atoms. The third-order valence-electron chi connectivity index (χ3n) is 15.2. The lowest BCUT2D eigenvalue weighted by atomic mass is 9.44. The number of hydrogen-bond donors (Lipinski definition) is 4. The van der Waals surface area contributed by atoms with E-state index in [-0.39, 0.29) is 37.8 Å². The first kappa shape index (κ1) is 46.8. The largest absolute Gasteiger partial charge is 0.390 e. The summed E-state index contributed by atoms with van der Waals surface area (Å²) in [5.74, 6) is -5.45. The van der Waals surface area contributed by atoms with Gasteiger partial charge in [-0.25, -0.2) is 8.78 Å². The Labute approximate surface area is 380 Å². The predicted molar refractivity (Wildman–Crippen MR) is 232 cm³/mol. The number of nitrogens with zero attached hydrogens (tertiary/aromatic N) is 2. The van der Waals surface area contributed by atoms with Gasteiger partial charge in [0.1, 0.15) is 24.9 Å². The quantitative estimate of drug-likeness (QED) is 0.215. The van der Waals surface area contributed by atoms with Crippen LogP contribution in [0.15, 0.2) is 84.5 Å². The molecule has 4 fully saturated rings. The molecule has 2 aromatic carbocycles. The van der Waals surface area contributed by atoms with Crippen molar-refractivity contribution < 1.29 is 62.0 Å². The summed E-state index contributed by atoms with van der Waals surface area (Å²) < 4.78 is 46.8. The van der Waals surface area contributed by atoms with Crippen LogP contribution in [-0.4, -0.2) is 118 Å². The van der Waals surface area contributed by atoms with Gasteiger partial charge in [-0.2, -0.15) is 0 Å². The number of carbonyl (C=O) groups is 7. The Morgan fingerprint density at radius 1 is 0.939 bits per heavy atom. The molecule has 3 saturated carbocycles. The van der Waals surface area contributed by atoms with Crippen LogP contribution in [0.25, 0.3) is 0 Å². The molecule has 4 aliphatic carbocycles. The van der Waals surface area contributed by atoms with Crippen LogP contribution in [-0.2, 0) is 49.5 Å². The number of hydrogen-bond acceptors (Lipinski definition) is 11. The molecule has 1 saturated heterocycles. The molecule has 15 nitrogen and oxygen atoms in total. The zero-order valence-electron chi connectivity index (χ0n) is 37.3. The van der Waals surface area contributed by atoms with E-state index >= 15 is 8.78 Å². The maximum Gasteiger partial charge on any atom is 0.253 e. The van der Waals surface area contributed by atoms with Gasteiger partial charge in [0.15, 0.2) is 29.1 Å². The van der Waals surface area contributed by atoms with Crippen LogP contribution in [0.3, 0.4) is 0 Å². The second-order valence-corrected chi connectivity index (χ2v) is 18.9. The van der Waals surface area contributed by atoms with Crippen molar-refractivity contribution in [2.75, 3.05) is 25.1 Å². The minimum Gasteiger partial charge on any atom is -0.390 e. The number of ketones is 2. The van der Waals surface area contributed by atoms with Gasteiger partial charge in [0.2, 0.25) is 17.7 Å². The van der Waals surface area contributed by atoms with E-state index < -0.39 is 118 Å². The van der Waals surface area contributed by atoms with E-state index in [2.05, 4.69) is 10.6 Å². The third kappa shape index (κ3) is 7.43. The van der Waals surface area contributed by atoms with Crippen LogP contribution in [0.5, 0.6) is 0 Å². The topological polar surface area (TPSA) is 209 Å². The van der Waals surface area contributed by atoms with E-state index in [0.29, 0.717) is 17.7 Å². The van der Waals surface area contributed by atoms with Gasteiger partial charge in [0.25, 0.3) is 11.8 Å². The number of ether oxygens (including phenoxy) is 2. The Hall–Kier alpha value is -5.75. The van der Waals surface area contributed by atoms with Crippen molar-refractivity contribution in [1.29, 1.82) is 0 Å². The number of anilines is 1. The van der Waals surface area contributed by atoms with E-state index in [1.165, 1.54) is 37.8 Å². The highest BCUT2D eigenvalue weighted by Crippen LogP contribution is 2.72. The van der Waals surface area contributed by atoms with Gasteiger partial charge in [-0.05, 0) is 93.4 Å². The number of halogens is 2. The predicted octanol–water partition coefficient (Wildman–Crippen LogP) is 3.21. The SMILES string of the molecule is C[C@@H](NC(=O)CCN1C(=O)C=CC1=O)C(=O)N[C@H](C)C(=O)N(C)c1cccc(Cc2ccc([C@@H]3O[C@@H]4C[C@H]5[C@@H]6C[C@H](F)C7=CC(=O)C=C[C@]7(C)[C@@]6(F)[C@@H](O)C[C@]5(C)[C@]4(C(=O)CO)O3)cc2)c1. The van der Waals surface area contributed by atoms with Crippen molar-refractivity contribution in [2.24, 2.45) is 22.7 Å². The lowest BCUT2D eigenvalue weighted by molar-refractivity contribution is -0.235. The third-order valence-corrected chi connectivity index (χ3v) is 15.2. The van der Waals surface area contributed by atoms with Gasteiger partial charge >= 0.3 is 0 Å². The summed E-state index contributed by atoms with van der Waals surface area (Å²) >= 11 is 0. The van der Waals surface area contributed by atoms with E-state index in [1.54, 1.807) is 38.2 Å². The average molecular weight is 913 g/mol. The number of benzene rings is 2. The molecule has 12 atom stereocenters.